The second kappa shape index (κ2) is 5.67. The van der Waals surface area contributed by atoms with Crippen LogP contribution >= 0.6 is 0 Å². The van der Waals surface area contributed by atoms with E-state index in [-0.39, 0.29) is 16.4 Å². The van der Waals surface area contributed by atoms with Gasteiger partial charge in [-0.25, -0.2) is 0 Å². The molecule has 2 nitrogen and oxygen atoms in total. The topological polar surface area (TPSA) is 26.3 Å². The van der Waals surface area contributed by atoms with Crippen molar-refractivity contribution in [1.82, 2.24) is 0 Å². The Labute approximate surface area is 160 Å². The lowest BCUT2D eigenvalue weighted by atomic mass is 9.48. The van der Waals surface area contributed by atoms with Crippen molar-refractivity contribution in [3.05, 3.63) is 23.8 Å². The van der Waals surface area contributed by atoms with Gasteiger partial charge in [-0.2, -0.15) is 0 Å². The normalized spacial score (nSPS) is 47.8. The molecule has 0 unspecified atom stereocenters. The maximum absolute atomic E-state index is 11.9. The molecule has 0 aliphatic heterocycles. The Morgan fingerprint density at radius 2 is 1.73 bits per heavy atom. The fraction of sp³-hybridized carbons (Fsp3) is 0.783. The summed E-state index contributed by atoms with van der Waals surface area (Å²) in [6, 6.07) is 0. The van der Waals surface area contributed by atoms with Crippen molar-refractivity contribution >= 4 is 14.1 Å². The molecule has 0 radical (unpaired) electrons. The van der Waals surface area contributed by atoms with Gasteiger partial charge in [0.25, 0.3) is 0 Å². The Morgan fingerprint density at radius 1 is 1.04 bits per heavy atom. The molecular weight excluding hydrogens is 336 g/mol. The van der Waals surface area contributed by atoms with Crippen molar-refractivity contribution in [2.45, 2.75) is 84.5 Å². The number of ketones is 1. The van der Waals surface area contributed by atoms with Crippen LogP contribution in [0.2, 0.25) is 19.6 Å². The Kier molecular flexibility index (Phi) is 4.07. The highest BCUT2D eigenvalue weighted by molar-refractivity contribution is 6.69. The maximum Gasteiger partial charge on any atom is 0.184 e. The first-order valence-electron chi connectivity index (χ1n) is 10.6. The van der Waals surface area contributed by atoms with E-state index in [4.69, 9.17) is 4.43 Å². The molecule has 3 heteroatoms. The number of hydrogen-bond acceptors (Lipinski definition) is 2. The minimum Gasteiger partial charge on any atom is -0.412 e. The van der Waals surface area contributed by atoms with Crippen LogP contribution in [0.3, 0.4) is 0 Å². The third-order valence-corrected chi connectivity index (χ3v) is 9.64. The molecule has 2 fully saturated rings. The molecule has 4 aliphatic carbocycles. The van der Waals surface area contributed by atoms with Gasteiger partial charge in [-0.3, -0.25) is 4.79 Å². The summed E-state index contributed by atoms with van der Waals surface area (Å²) in [5.74, 6) is 2.38. The van der Waals surface area contributed by atoms with Gasteiger partial charge in [-0.15, -0.1) is 0 Å². The van der Waals surface area contributed by atoms with Crippen molar-refractivity contribution in [2.75, 3.05) is 0 Å². The molecule has 0 bridgehead atoms. The molecule has 0 aromatic rings. The van der Waals surface area contributed by atoms with Crippen molar-refractivity contribution in [1.29, 1.82) is 0 Å². The zero-order valence-corrected chi connectivity index (χ0v) is 18.5. The van der Waals surface area contributed by atoms with Gasteiger partial charge in [0.05, 0.1) is 5.60 Å². The van der Waals surface area contributed by atoms with Crippen LogP contribution in [0.5, 0.6) is 0 Å². The second-order valence-electron chi connectivity index (χ2n) is 11.1. The molecular formula is C23H36O2Si. The van der Waals surface area contributed by atoms with Gasteiger partial charge in [-0.1, -0.05) is 26.0 Å². The lowest BCUT2D eigenvalue weighted by Gasteiger charge is -2.58. The molecule has 0 spiro atoms. The van der Waals surface area contributed by atoms with Gasteiger partial charge in [-0.05, 0) is 98.9 Å². The Hall–Kier alpha value is -0.673. The zero-order chi connectivity index (χ0) is 19.0. The quantitative estimate of drug-likeness (QED) is 0.564. The van der Waals surface area contributed by atoms with E-state index in [2.05, 4.69) is 52.6 Å². The molecule has 2 saturated carbocycles. The van der Waals surface area contributed by atoms with E-state index in [9.17, 15) is 4.79 Å². The summed E-state index contributed by atoms with van der Waals surface area (Å²) in [6.45, 7) is 14.4. The van der Waals surface area contributed by atoms with Gasteiger partial charge in [0.15, 0.2) is 14.1 Å². The van der Waals surface area contributed by atoms with Crippen LogP contribution in [-0.4, -0.2) is 19.7 Å². The van der Waals surface area contributed by atoms with Gasteiger partial charge in [0, 0.05) is 6.42 Å². The highest BCUT2D eigenvalue weighted by Gasteiger charge is 2.63. The third kappa shape index (κ3) is 2.57. The molecule has 0 aromatic heterocycles. The van der Waals surface area contributed by atoms with E-state index in [1.807, 2.05) is 6.08 Å². The molecule has 0 amide bonds. The first-order chi connectivity index (χ1) is 12.0. The number of hydrogen-bond donors (Lipinski definition) is 0. The number of rotatable bonds is 2. The lowest BCUT2D eigenvalue weighted by Crippen LogP contribution is -2.55. The van der Waals surface area contributed by atoms with Gasteiger partial charge in [0.1, 0.15) is 0 Å². The first kappa shape index (κ1) is 18.7. The molecule has 0 heterocycles. The van der Waals surface area contributed by atoms with Crippen molar-refractivity contribution in [3.63, 3.8) is 0 Å². The summed E-state index contributed by atoms with van der Waals surface area (Å²) >= 11 is 0. The monoisotopic (exact) mass is 372 g/mol. The number of fused-ring (bicyclic) bond motifs is 5. The third-order valence-electron chi connectivity index (χ3n) is 8.58. The van der Waals surface area contributed by atoms with E-state index in [1.54, 1.807) is 0 Å². The number of allylic oxidation sites excluding steroid dienone is 4. The van der Waals surface area contributed by atoms with Gasteiger partial charge >= 0.3 is 0 Å². The molecule has 4 aliphatic rings. The lowest BCUT2D eigenvalue weighted by molar-refractivity contribution is -0.117. The average molecular weight is 373 g/mol. The zero-order valence-electron chi connectivity index (χ0n) is 17.5. The van der Waals surface area contributed by atoms with E-state index >= 15 is 0 Å². The summed E-state index contributed by atoms with van der Waals surface area (Å²) in [6.07, 6.45) is 13.5. The van der Waals surface area contributed by atoms with Crippen molar-refractivity contribution < 1.29 is 9.22 Å². The van der Waals surface area contributed by atoms with E-state index < -0.39 is 8.32 Å². The fourth-order valence-electron chi connectivity index (χ4n) is 7.07. The van der Waals surface area contributed by atoms with Crippen LogP contribution in [0, 0.1) is 28.6 Å². The predicted molar refractivity (Wildman–Crippen MR) is 109 cm³/mol. The molecule has 6 atom stereocenters. The number of carbonyl (C=O) groups is 1. The Bertz CT molecular complexity index is 687. The molecule has 0 aromatic carbocycles. The van der Waals surface area contributed by atoms with Crippen LogP contribution in [0.1, 0.15) is 59.3 Å². The van der Waals surface area contributed by atoms with Crippen LogP contribution in [0.15, 0.2) is 23.8 Å². The van der Waals surface area contributed by atoms with E-state index in [0.717, 1.165) is 18.8 Å². The second-order valence-corrected chi connectivity index (χ2v) is 15.5. The first-order valence-corrected chi connectivity index (χ1v) is 14.0. The van der Waals surface area contributed by atoms with Crippen LogP contribution in [0.25, 0.3) is 0 Å². The minimum atomic E-state index is -1.58. The largest absolute Gasteiger partial charge is 0.412 e. The average Bonchev–Trinajstić information content (AvgIpc) is 2.77. The highest BCUT2D eigenvalue weighted by atomic mass is 28.4. The summed E-state index contributed by atoms with van der Waals surface area (Å²) in [7, 11) is -1.58. The fourth-order valence-corrected chi connectivity index (χ4v) is 8.75. The van der Waals surface area contributed by atoms with Crippen molar-refractivity contribution in [3.8, 4) is 0 Å². The standard InChI is InChI=1S/C23H36O2Si/c1-21-12-9-17(24)15-16(21)7-8-18-19(21)10-13-22(2)20(18)11-14-23(22,3)25-26(4,5)6/h7-8,15,18-20H,9-14H2,1-6H3/t18-,19+,20+,21+,22+,23+/m1/s1. The summed E-state index contributed by atoms with van der Waals surface area (Å²) in [5.41, 5.74) is 1.81. The SMILES string of the molecule is C[C@]12CCC(=O)C=C1C=C[C@@H]1[C@@H]2CC[C@@]2(C)[C@H]1CC[C@]2(C)O[Si](C)(C)C. The van der Waals surface area contributed by atoms with E-state index in [0.29, 0.717) is 17.6 Å². The predicted octanol–water partition coefficient (Wildman–Crippen LogP) is 5.90. The summed E-state index contributed by atoms with van der Waals surface area (Å²) in [4.78, 5) is 11.9. The van der Waals surface area contributed by atoms with Crippen LogP contribution in [0.4, 0.5) is 0 Å². The highest BCUT2D eigenvalue weighted by Crippen LogP contribution is 2.67. The summed E-state index contributed by atoms with van der Waals surface area (Å²) < 4.78 is 6.84. The van der Waals surface area contributed by atoms with Gasteiger partial charge in [0.2, 0.25) is 0 Å². The maximum atomic E-state index is 11.9. The van der Waals surface area contributed by atoms with E-state index in [1.165, 1.54) is 31.3 Å². The number of carbonyl (C=O) groups excluding carboxylic acids is 1. The molecule has 0 N–H and O–H groups in total. The smallest absolute Gasteiger partial charge is 0.184 e. The minimum absolute atomic E-state index is 0.0283. The van der Waals surface area contributed by atoms with Crippen LogP contribution < -0.4 is 0 Å². The van der Waals surface area contributed by atoms with Crippen molar-refractivity contribution in [2.24, 2.45) is 28.6 Å². The Balaban J connectivity index is 1.69. The summed E-state index contributed by atoms with van der Waals surface area (Å²) in [5, 5.41) is 0. The van der Waals surface area contributed by atoms with Gasteiger partial charge < -0.3 is 4.43 Å². The molecule has 144 valence electrons. The molecule has 4 rings (SSSR count). The van der Waals surface area contributed by atoms with Crippen LogP contribution in [-0.2, 0) is 9.22 Å². The Morgan fingerprint density at radius 3 is 2.42 bits per heavy atom. The molecule has 26 heavy (non-hydrogen) atoms. The molecule has 0 saturated heterocycles.